The van der Waals surface area contributed by atoms with Crippen molar-refractivity contribution >= 4 is 12.2 Å². The molecule has 1 N–H and O–H groups in total. The van der Waals surface area contributed by atoms with E-state index in [4.69, 9.17) is 0 Å². The summed E-state index contributed by atoms with van der Waals surface area (Å²) in [5, 5.41) is 2.46. The van der Waals surface area contributed by atoms with Crippen molar-refractivity contribution in [2.45, 2.75) is 20.8 Å². The SMILES string of the molecule is CC.COC.Cc1ccc(C(=O)NCC=O)cc1. The van der Waals surface area contributed by atoms with Gasteiger partial charge in [0.25, 0.3) is 5.91 Å². The van der Waals surface area contributed by atoms with Gasteiger partial charge in [-0.2, -0.15) is 0 Å². The third kappa shape index (κ3) is 9.54. The van der Waals surface area contributed by atoms with Gasteiger partial charge in [0.2, 0.25) is 0 Å². The molecule has 0 atom stereocenters. The van der Waals surface area contributed by atoms with Crippen LogP contribution in [-0.2, 0) is 9.53 Å². The maximum absolute atomic E-state index is 11.2. The number of carbonyl (C=O) groups is 2. The second kappa shape index (κ2) is 13.4. The van der Waals surface area contributed by atoms with E-state index in [1.165, 1.54) is 0 Å². The van der Waals surface area contributed by atoms with E-state index < -0.39 is 0 Å². The van der Waals surface area contributed by atoms with Crippen LogP contribution in [0.5, 0.6) is 0 Å². The summed E-state index contributed by atoms with van der Waals surface area (Å²) < 4.78 is 4.25. The lowest BCUT2D eigenvalue weighted by molar-refractivity contribution is -0.107. The number of carbonyl (C=O) groups excluding carboxylic acids is 2. The monoisotopic (exact) mass is 253 g/mol. The van der Waals surface area contributed by atoms with Crippen LogP contribution in [0.1, 0.15) is 29.8 Å². The molecule has 102 valence electrons. The third-order valence-corrected chi connectivity index (χ3v) is 1.66. The van der Waals surface area contributed by atoms with Gasteiger partial charge in [-0.05, 0) is 19.1 Å². The Balaban J connectivity index is 0. The summed E-state index contributed by atoms with van der Waals surface area (Å²) in [5.74, 6) is -0.216. The van der Waals surface area contributed by atoms with Gasteiger partial charge in [0, 0.05) is 19.8 Å². The Morgan fingerprint density at radius 2 is 1.67 bits per heavy atom. The molecule has 1 amide bonds. The van der Waals surface area contributed by atoms with Crippen LogP contribution in [0.25, 0.3) is 0 Å². The highest BCUT2D eigenvalue weighted by Crippen LogP contribution is 2.02. The van der Waals surface area contributed by atoms with Crippen LogP contribution in [0.4, 0.5) is 0 Å². The summed E-state index contributed by atoms with van der Waals surface area (Å²) in [6, 6.07) is 7.18. The Kier molecular flexibility index (Phi) is 13.9. The normalized spacial score (nSPS) is 8.06. The zero-order chi connectivity index (χ0) is 14.4. The summed E-state index contributed by atoms with van der Waals surface area (Å²) in [6.07, 6.45) is 0.659. The highest BCUT2D eigenvalue weighted by Gasteiger charge is 2.02. The molecule has 18 heavy (non-hydrogen) atoms. The quantitative estimate of drug-likeness (QED) is 0.840. The molecule has 0 spiro atoms. The van der Waals surface area contributed by atoms with E-state index in [0.29, 0.717) is 11.8 Å². The second-order valence-corrected chi connectivity index (χ2v) is 3.15. The molecule has 0 aliphatic heterocycles. The molecule has 1 aromatic carbocycles. The molecule has 0 unspecified atom stereocenters. The lowest BCUT2D eigenvalue weighted by Crippen LogP contribution is -2.24. The number of aryl methyl sites for hydroxylation is 1. The average molecular weight is 253 g/mol. The first-order chi connectivity index (χ1) is 8.65. The highest BCUT2D eigenvalue weighted by atomic mass is 16.4. The summed E-state index contributed by atoms with van der Waals surface area (Å²) in [6.45, 7) is 6.01. The van der Waals surface area contributed by atoms with Crippen LogP contribution in [-0.4, -0.2) is 33.0 Å². The number of nitrogens with one attached hydrogen (secondary N) is 1. The molecule has 1 rings (SSSR count). The summed E-state index contributed by atoms with van der Waals surface area (Å²) >= 11 is 0. The maximum Gasteiger partial charge on any atom is 0.251 e. The Bertz CT molecular complexity index is 320. The molecule has 4 nitrogen and oxygen atoms in total. The summed E-state index contributed by atoms with van der Waals surface area (Å²) in [7, 11) is 3.25. The fraction of sp³-hybridized carbons (Fsp3) is 0.429. The minimum atomic E-state index is -0.216. The van der Waals surface area contributed by atoms with Gasteiger partial charge in [-0.3, -0.25) is 4.79 Å². The first-order valence-corrected chi connectivity index (χ1v) is 5.84. The molecule has 0 fully saturated rings. The van der Waals surface area contributed by atoms with Crippen LogP contribution < -0.4 is 5.32 Å². The van der Waals surface area contributed by atoms with E-state index >= 15 is 0 Å². The maximum atomic E-state index is 11.2. The van der Waals surface area contributed by atoms with Crippen LogP contribution in [0.15, 0.2) is 24.3 Å². The average Bonchev–Trinajstić information content (AvgIpc) is 2.40. The van der Waals surface area contributed by atoms with Crippen LogP contribution in [0.2, 0.25) is 0 Å². The number of methoxy groups -OCH3 is 1. The van der Waals surface area contributed by atoms with E-state index in [1.807, 2.05) is 32.9 Å². The molecule has 0 heterocycles. The van der Waals surface area contributed by atoms with E-state index in [2.05, 4.69) is 10.1 Å². The zero-order valence-electron chi connectivity index (χ0n) is 11.8. The fourth-order valence-electron chi connectivity index (χ4n) is 0.941. The van der Waals surface area contributed by atoms with E-state index in [0.717, 1.165) is 5.56 Å². The molecule has 0 saturated heterocycles. The Labute approximate surface area is 109 Å². The topological polar surface area (TPSA) is 55.4 Å². The number of hydrogen-bond acceptors (Lipinski definition) is 3. The molecule has 0 aromatic heterocycles. The van der Waals surface area contributed by atoms with Gasteiger partial charge < -0.3 is 14.8 Å². The van der Waals surface area contributed by atoms with Crippen LogP contribution >= 0.6 is 0 Å². The van der Waals surface area contributed by atoms with E-state index in [9.17, 15) is 9.59 Å². The molecule has 0 aliphatic carbocycles. The van der Waals surface area contributed by atoms with Gasteiger partial charge in [-0.25, -0.2) is 0 Å². The molecule has 0 saturated carbocycles. The Morgan fingerprint density at radius 3 is 2.06 bits per heavy atom. The standard InChI is InChI=1S/C10H11NO2.C2H6O.C2H6/c1-8-2-4-9(5-3-8)10(13)11-6-7-12;1-3-2;1-2/h2-5,7H,6H2,1H3,(H,11,13);1-2H3;1-2H3. The molecular weight excluding hydrogens is 230 g/mol. The predicted molar refractivity (Wildman–Crippen MR) is 73.9 cm³/mol. The first-order valence-electron chi connectivity index (χ1n) is 5.84. The summed E-state index contributed by atoms with van der Waals surface area (Å²) in [4.78, 5) is 21.2. The fourth-order valence-corrected chi connectivity index (χ4v) is 0.941. The van der Waals surface area contributed by atoms with Crippen molar-refractivity contribution in [1.82, 2.24) is 5.32 Å². The zero-order valence-corrected chi connectivity index (χ0v) is 11.8. The van der Waals surface area contributed by atoms with E-state index in [-0.39, 0.29) is 12.5 Å². The Morgan fingerprint density at radius 1 is 1.22 bits per heavy atom. The number of aldehydes is 1. The minimum absolute atomic E-state index is 0.0622. The van der Waals surface area contributed by atoms with Gasteiger partial charge in [0.05, 0.1) is 6.54 Å². The molecule has 4 heteroatoms. The van der Waals surface area contributed by atoms with Crippen LogP contribution in [0, 0.1) is 6.92 Å². The number of hydrogen-bond donors (Lipinski definition) is 1. The molecule has 0 bridgehead atoms. The minimum Gasteiger partial charge on any atom is -0.388 e. The van der Waals surface area contributed by atoms with Crippen molar-refractivity contribution < 1.29 is 14.3 Å². The van der Waals surface area contributed by atoms with Crippen molar-refractivity contribution in [3.63, 3.8) is 0 Å². The molecular formula is C14H23NO3. The number of benzene rings is 1. The van der Waals surface area contributed by atoms with Gasteiger partial charge in [-0.1, -0.05) is 31.5 Å². The van der Waals surface area contributed by atoms with Gasteiger partial charge in [-0.15, -0.1) is 0 Å². The lowest BCUT2D eigenvalue weighted by Gasteiger charge is -2.00. The molecule has 0 radical (unpaired) electrons. The van der Waals surface area contributed by atoms with Crippen molar-refractivity contribution in [1.29, 1.82) is 0 Å². The summed E-state index contributed by atoms with van der Waals surface area (Å²) in [5.41, 5.74) is 1.68. The van der Waals surface area contributed by atoms with Gasteiger partial charge in [0.15, 0.2) is 0 Å². The molecule has 0 aliphatic rings. The highest BCUT2D eigenvalue weighted by molar-refractivity contribution is 5.95. The van der Waals surface area contributed by atoms with Crippen molar-refractivity contribution in [2.24, 2.45) is 0 Å². The molecule has 1 aromatic rings. The Hall–Kier alpha value is -1.68. The largest absolute Gasteiger partial charge is 0.388 e. The van der Waals surface area contributed by atoms with Crippen molar-refractivity contribution in [2.75, 3.05) is 20.8 Å². The number of ether oxygens (including phenoxy) is 1. The first kappa shape index (κ1) is 18.7. The third-order valence-electron chi connectivity index (χ3n) is 1.66. The lowest BCUT2D eigenvalue weighted by atomic mass is 10.1. The van der Waals surface area contributed by atoms with Crippen molar-refractivity contribution in [3.8, 4) is 0 Å². The van der Waals surface area contributed by atoms with Crippen LogP contribution in [0.3, 0.4) is 0 Å². The van der Waals surface area contributed by atoms with Gasteiger partial charge >= 0.3 is 0 Å². The number of rotatable bonds is 3. The second-order valence-electron chi connectivity index (χ2n) is 3.15. The predicted octanol–water partition coefficient (Wildman–Crippen LogP) is 2.21. The van der Waals surface area contributed by atoms with Crippen molar-refractivity contribution in [3.05, 3.63) is 35.4 Å². The smallest absolute Gasteiger partial charge is 0.251 e. The number of amides is 1. The van der Waals surface area contributed by atoms with E-state index in [1.54, 1.807) is 26.4 Å². The van der Waals surface area contributed by atoms with Gasteiger partial charge in [0.1, 0.15) is 6.29 Å².